The van der Waals surface area contributed by atoms with Crippen molar-refractivity contribution in [1.29, 1.82) is 0 Å². The molecule has 2 rings (SSSR count). The molecule has 1 unspecified atom stereocenters. The summed E-state index contributed by atoms with van der Waals surface area (Å²) in [4.78, 5) is 17.3. The average Bonchev–Trinajstić information content (AvgIpc) is 2.71. The summed E-state index contributed by atoms with van der Waals surface area (Å²) in [5.74, 6) is -0.809. The number of rotatable bonds is 10. The highest BCUT2D eigenvalue weighted by molar-refractivity contribution is 5.98. The SMILES string of the molecule is COC(OC)C(C)(Oc1cc(C(C)=NOCc2ccccc2)ccc1C)C(=O)O. The summed E-state index contributed by atoms with van der Waals surface area (Å²) in [5, 5.41) is 13.8. The monoisotopic (exact) mass is 401 g/mol. The van der Waals surface area contributed by atoms with E-state index < -0.39 is 17.9 Å². The minimum Gasteiger partial charge on any atom is -0.478 e. The Morgan fingerprint density at radius 1 is 1.14 bits per heavy atom. The van der Waals surface area contributed by atoms with E-state index in [4.69, 9.17) is 19.0 Å². The first kappa shape index (κ1) is 22.4. The van der Waals surface area contributed by atoms with Crippen LogP contribution >= 0.6 is 0 Å². The van der Waals surface area contributed by atoms with Gasteiger partial charge in [-0.2, -0.15) is 0 Å². The third-order valence-corrected chi connectivity index (χ3v) is 4.51. The quantitative estimate of drug-likeness (QED) is 0.370. The number of carboxylic acids is 1. The molecular weight excluding hydrogens is 374 g/mol. The number of benzene rings is 2. The van der Waals surface area contributed by atoms with Crippen molar-refractivity contribution in [2.45, 2.75) is 39.3 Å². The van der Waals surface area contributed by atoms with Crippen LogP contribution in [0.4, 0.5) is 0 Å². The van der Waals surface area contributed by atoms with Crippen LogP contribution in [0, 0.1) is 6.92 Å². The van der Waals surface area contributed by atoms with E-state index in [0.29, 0.717) is 18.1 Å². The van der Waals surface area contributed by atoms with E-state index in [0.717, 1.165) is 16.7 Å². The van der Waals surface area contributed by atoms with Crippen molar-refractivity contribution in [1.82, 2.24) is 0 Å². The van der Waals surface area contributed by atoms with Crippen LogP contribution < -0.4 is 4.74 Å². The highest BCUT2D eigenvalue weighted by Gasteiger charge is 2.45. The van der Waals surface area contributed by atoms with E-state index in [1.54, 1.807) is 6.07 Å². The first-order valence-electron chi connectivity index (χ1n) is 9.11. The molecule has 0 saturated carbocycles. The van der Waals surface area contributed by atoms with Gasteiger partial charge in [-0.05, 0) is 38.0 Å². The molecular formula is C22H27NO6. The second kappa shape index (κ2) is 10.0. The summed E-state index contributed by atoms with van der Waals surface area (Å²) in [7, 11) is 2.73. The zero-order valence-corrected chi connectivity index (χ0v) is 17.3. The van der Waals surface area contributed by atoms with Gasteiger partial charge < -0.3 is 24.2 Å². The molecule has 2 aromatic carbocycles. The molecule has 0 saturated heterocycles. The Bertz CT molecular complexity index is 848. The maximum atomic E-state index is 11.9. The lowest BCUT2D eigenvalue weighted by atomic mass is 10.0. The van der Waals surface area contributed by atoms with Crippen LogP contribution in [-0.4, -0.2) is 42.9 Å². The van der Waals surface area contributed by atoms with E-state index in [-0.39, 0.29) is 0 Å². The van der Waals surface area contributed by atoms with Crippen molar-refractivity contribution >= 4 is 11.7 Å². The highest BCUT2D eigenvalue weighted by atomic mass is 16.7. The molecule has 0 bridgehead atoms. The molecule has 0 aromatic heterocycles. The lowest BCUT2D eigenvalue weighted by Crippen LogP contribution is -2.53. The number of carbonyl (C=O) groups is 1. The predicted octanol–water partition coefficient (Wildman–Crippen LogP) is 3.78. The molecule has 7 nitrogen and oxygen atoms in total. The minimum absolute atomic E-state index is 0.355. The van der Waals surface area contributed by atoms with Crippen molar-refractivity contribution in [2.75, 3.05) is 14.2 Å². The number of ether oxygens (including phenoxy) is 3. The molecule has 1 N–H and O–H groups in total. The van der Waals surface area contributed by atoms with E-state index in [1.807, 2.05) is 56.3 Å². The van der Waals surface area contributed by atoms with Gasteiger partial charge in [-0.25, -0.2) is 4.79 Å². The number of aliphatic carboxylic acids is 1. The number of oxime groups is 1. The number of methoxy groups -OCH3 is 2. The molecule has 0 spiro atoms. The Morgan fingerprint density at radius 2 is 1.79 bits per heavy atom. The molecule has 1 atom stereocenters. The zero-order valence-electron chi connectivity index (χ0n) is 17.3. The van der Waals surface area contributed by atoms with Crippen LogP contribution in [0.15, 0.2) is 53.7 Å². The van der Waals surface area contributed by atoms with Crippen LogP contribution in [-0.2, 0) is 25.7 Å². The van der Waals surface area contributed by atoms with E-state index in [2.05, 4.69) is 5.16 Å². The Balaban J connectivity index is 2.21. The van der Waals surface area contributed by atoms with Gasteiger partial charge in [0.25, 0.3) is 5.60 Å². The Hall–Kier alpha value is -2.90. The van der Waals surface area contributed by atoms with Gasteiger partial charge in [0.05, 0.1) is 5.71 Å². The maximum Gasteiger partial charge on any atom is 0.353 e. The smallest absolute Gasteiger partial charge is 0.353 e. The summed E-state index contributed by atoms with van der Waals surface area (Å²) in [6.07, 6.45) is -1.09. The summed E-state index contributed by atoms with van der Waals surface area (Å²) in [6.45, 7) is 5.40. The lowest BCUT2D eigenvalue weighted by Gasteiger charge is -2.32. The van der Waals surface area contributed by atoms with Crippen LogP contribution in [0.1, 0.15) is 30.5 Å². The van der Waals surface area contributed by atoms with Gasteiger partial charge in [-0.3, -0.25) is 0 Å². The molecule has 0 aliphatic carbocycles. The average molecular weight is 401 g/mol. The van der Waals surface area contributed by atoms with Crippen molar-refractivity contribution in [3.63, 3.8) is 0 Å². The number of hydrogen-bond acceptors (Lipinski definition) is 6. The van der Waals surface area contributed by atoms with E-state index >= 15 is 0 Å². The van der Waals surface area contributed by atoms with Gasteiger partial charge in [0.15, 0.2) is 0 Å². The first-order chi connectivity index (χ1) is 13.8. The van der Waals surface area contributed by atoms with Crippen LogP contribution in [0.25, 0.3) is 0 Å². The fraction of sp³-hybridized carbons (Fsp3) is 0.364. The van der Waals surface area contributed by atoms with Crippen LogP contribution in [0.2, 0.25) is 0 Å². The minimum atomic E-state index is -1.73. The van der Waals surface area contributed by atoms with Crippen molar-refractivity contribution < 1.29 is 28.9 Å². The Morgan fingerprint density at radius 3 is 2.38 bits per heavy atom. The second-order valence-electron chi connectivity index (χ2n) is 6.73. The molecule has 2 aromatic rings. The zero-order chi connectivity index (χ0) is 21.4. The largest absolute Gasteiger partial charge is 0.478 e. The third-order valence-electron chi connectivity index (χ3n) is 4.51. The number of carboxylic acid groups (broad SMARTS) is 1. The molecule has 0 aliphatic heterocycles. The van der Waals surface area contributed by atoms with Gasteiger partial charge in [0, 0.05) is 19.8 Å². The number of hydrogen-bond donors (Lipinski definition) is 1. The van der Waals surface area contributed by atoms with Gasteiger partial charge in [0.1, 0.15) is 12.4 Å². The summed E-state index contributed by atoms with van der Waals surface area (Å²) in [6, 6.07) is 15.1. The van der Waals surface area contributed by atoms with Gasteiger partial charge in [-0.1, -0.05) is 47.6 Å². The summed E-state index contributed by atoms with van der Waals surface area (Å²) in [5.41, 5.74) is 1.43. The van der Waals surface area contributed by atoms with Crippen LogP contribution in [0.3, 0.4) is 0 Å². The van der Waals surface area contributed by atoms with Gasteiger partial charge in [0.2, 0.25) is 6.29 Å². The third kappa shape index (κ3) is 5.56. The van der Waals surface area contributed by atoms with Gasteiger partial charge in [-0.15, -0.1) is 0 Å². The van der Waals surface area contributed by atoms with E-state index in [9.17, 15) is 9.90 Å². The van der Waals surface area contributed by atoms with Crippen LogP contribution in [0.5, 0.6) is 5.75 Å². The number of aryl methyl sites for hydroxylation is 1. The molecule has 29 heavy (non-hydrogen) atoms. The topological polar surface area (TPSA) is 86.6 Å². The Kier molecular flexibility index (Phi) is 7.75. The summed E-state index contributed by atoms with van der Waals surface area (Å²) < 4.78 is 16.1. The van der Waals surface area contributed by atoms with Gasteiger partial charge >= 0.3 is 5.97 Å². The maximum absolute atomic E-state index is 11.9. The summed E-state index contributed by atoms with van der Waals surface area (Å²) >= 11 is 0. The standard InChI is InChI=1S/C22H27NO6/c1-15-11-12-18(16(2)23-28-14-17-9-7-6-8-10-17)13-19(15)29-22(3,20(24)25)21(26-4)27-5/h6-13,21H,14H2,1-5H3,(H,24,25). The Labute approximate surface area is 170 Å². The molecule has 0 amide bonds. The highest BCUT2D eigenvalue weighted by Crippen LogP contribution is 2.28. The molecule has 0 fully saturated rings. The molecule has 0 heterocycles. The molecule has 7 heteroatoms. The van der Waals surface area contributed by atoms with E-state index in [1.165, 1.54) is 21.1 Å². The second-order valence-corrected chi connectivity index (χ2v) is 6.73. The first-order valence-corrected chi connectivity index (χ1v) is 9.11. The van der Waals surface area contributed by atoms with Crippen molar-refractivity contribution in [3.8, 4) is 5.75 Å². The number of nitrogens with zero attached hydrogens (tertiary/aromatic N) is 1. The predicted molar refractivity (Wildman–Crippen MR) is 109 cm³/mol. The normalized spacial score (nSPS) is 13.8. The fourth-order valence-corrected chi connectivity index (χ4v) is 2.73. The van der Waals surface area contributed by atoms with Crippen molar-refractivity contribution in [2.24, 2.45) is 5.16 Å². The molecule has 156 valence electrons. The lowest BCUT2D eigenvalue weighted by molar-refractivity contribution is -0.212. The fourth-order valence-electron chi connectivity index (χ4n) is 2.73. The molecule has 0 radical (unpaired) electrons. The molecule has 0 aliphatic rings. The van der Waals surface area contributed by atoms with Crippen molar-refractivity contribution in [3.05, 3.63) is 65.2 Å².